The number of likely N-dealkylation sites (tertiary alicyclic amines) is 1. The van der Waals surface area contributed by atoms with Gasteiger partial charge in [-0.1, -0.05) is 29.8 Å². The summed E-state index contributed by atoms with van der Waals surface area (Å²) in [7, 11) is 1.81. The predicted octanol–water partition coefficient (Wildman–Crippen LogP) is 5.24. The van der Waals surface area contributed by atoms with Crippen LogP contribution in [0.15, 0.2) is 60.0 Å². The zero-order valence-corrected chi connectivity index (χ0v) is 20.4. The highest BCUT2D eigenvalue weighted by Crippen LogP contribution is 2.50. The van der Waals surface area contributed by atoms with Crippen molar-refractivity contribution in [1.82, 2.24) is 14.8 Å². The van der Waals surface area contributed by atoms with Crippen LogP contribution in [0.4, 0.5) is 4.39 Å². The summed E-state index contributed by atoms with van der Waals surface area (Å²) in [4.78, 5) is 29.6. The Morgan fingerprint density at radius 2 is 1.91 bits per heavy atom. The minimum Gasteiger partial charge on any atom is -0.349 e. The van der Waals surface area contributed by atoms with Gasteiger partial charge in [0.25, 0.3) is 11.8 Å². The molecule has 0 bridgehead atoms. The van der Waals surface area contributed by atoms with E-state index in [9.17, 15) is 14.0 Å². The molecule has 3 heterocycles. The van der Waals surface area contributed by atoms with Crippen molar-refractivity contribution >= 4 is 34.1 Å². The fraction of sp³-hybridized carbons (Fsp3) is 0.286. The van der Waals surface area contributed by atoms with Crippen LogP contribution < -0.4 is 5.32 Å². The number of halogens is 1. The molecular formula is C28H26FN3O2S. The average molecular weight is 488 g/mol. The highest BCUT2D eigenvalue weighted by Gasteiger charge is 2.54. The van der Waals surface area contributed by atoms with Crippen molar-refractivity contribution in [3.63, 3.8) is 0 Å². The number of aromatic nitrogens is 1. The summed E-state index contributed by atoms with van der Waals surface area (Å²) >= 11 is 1.58. The van der Waals surface area contributed by atoms with Crippen LogP contribution in [0, 0.1) is 24.6 Å². The summed E-state index contributed by atoms with van der Waals surface area (Å²) in [5, 5.41) is 5.72. The molecule has 2 aromatic heterocycles. The van der Waals surface area contributed by atoms with Gasteiger partial charge in [0.15, 0.2) is 0 Å². The fourth-order valence-electron chi connectivity index (χ4n) is 5.45. The number of rotatable bonds is 5. The maximum atomic E-state index is 13.6. The van der Waals surface area contributed by atoms with E-state index in [0.29, 0.717) is 29.5 Å². The normalized spacial score (nSPS) is 20.8. The topological polar surface area (TPSA) is 54.3 Å². The number of piperidine rings is 1. The van der Waals surface area contributed by atoms with Gasteiger partial charge in [-0.05, 0) is 66.5 Å². The number of hydrogen-bond donors (Lipinski definition) is 1. The van der Waals surface area contributed by atoms with Crippen LogP contribution in [-0.2, 0) is 7.05 Å². The Morgan fingerprint density at radius 3 is 2.71 bits per heavy atom. The lowest BCUT2D eigenvalue weighted by Gasteiger charge is -2.28. The van der Waals surface area contributed by atoms with Crippen LogP contribution in [0.25, 0.3) is 21.3 Å². The predicted molar refractivity (Wildman–Crippen MR) is 136 cm³/mol. The van der Waals surface area contributed by atoms with Crippen LogP contribution in [0.2, 0.25) is 0 Å². The standard InChI is InChI=1S/C28H26FN3O2S/c1-16-3-5-17(6-4-16)26-21(9-10-35-26)28(34)32-15-19-12-22(19)25(32)14-30-27(33)24-13-18-11-20(29)7-8-23(18)31(24)2/h3-11,13,19,22,25H,12,14-15H2,1-2H3,(H,30,33)/t19-,22-,25+/m0/s1. The van der Waals surface area contributed by atoms with E-state index >= 15 is 0 Å². The molecule has 0 unspecified atom stereocenters. The number of carbonyl (C=O) groups excluding carboxylic acids is 2. The van der Waals surface area contributed by atoms with Gasteiger partial charge in [-0.3, -0.25) is 9.59 Å². The number of nitrogens with zero attached hydrogens (tertiary/aromatic N) is 2. The van der Waals surface area contributed by atoms with E-state index in [1.807, 2.05) is 16.3 Å². The van der Waals surface area contributed by atoms with Gasteiger partial charge in [0.1, 0.15) is 11.5 Å². The zero-order chi connectivity index (χ0) is 24.3. The molecule has 6 rings (SSSR count). The summed E-state index contributed by atoms with van der Waals surface area (Å²) in [5.41, 5.74) is 4.25. The highest BCUT2D eigenvalue weighted by molar-refractivity contribution is 7.14. The molecule has 1 saturated heterocycles. The molecule has 0 radical (unpaired) electrons. The first-order valence-electron chi connectivity index (χ1n) is 11.9. The Bertz CT molecular complexity index is 1450. The lowest BCUT2D eigenvalue weighted by Crippen LogP contribution is -2.45. The van der Waals surface area contributed by atoms with E-state index in [-0.39, 0.29) is 23.7 Å². The van der Waals surface area contributed by atoms with Crippen molar-refractivity contribution in [2.45, 2.75) is 19.4 Å². The van der Waals surface area contributed by atoms with Gasteiger partial charge >= 0.3 is 0 Å². The van der Waals surface area contributed by atoms with Gasteiger partial charge in [-0.15, -0.1) is 11.3 Å². The average Bonchev–Trinajstić information content (AvgIpc) is 3.17. The van der Waals surface area contributed by atoms with Crippen molar-refractivity contribution in [3.8, 4) is 10.4 Å². The molecule has 1 aliphatic carbocycles. The SMILES string of the molecule is Cc1ccc(-c2sccc2C(=O)N2C[C@@H]3C[C@@H]3[C@H]2CNC(=O)c2cc3cc(F)ccc3n2C)cc1. The first-order valence-corrected chi connectivity index (χ1v) is 12.8. The van der Waals surface area contributed by atoms with E-state index in [2.05, 4.69) is 36.5 Å². The van der Waals surface area contributed by atoms with Crippen LogP contribution in [0.1, 0.15) is 32.8 Å². The number of nitrogens with one attached hydrogen (secondary N) is 1. The van der Waals surface area contributed by atoms with Gasteiger partial charge in [0.2, 0.25) is 0 Å². The minimum atomic E-state index is -0.326. The largest absolute Gasteiger partial charge is 0.349 e. The summed E-state index contributed by atoms with van der Waals surface area (Å²) in [6.45, 7) is 3.20. The summed E-state index contributed by atoms with van der Waals surface area (Å²) in [5.74, 6) is 0.448. The second-order valence-electron chi connectivity index (χ2n) is 9.72. The number of carbonyl (C=O) groups is 2. The molecule has 178 valence electrons. The lowest BCUT2D eigenvalue weighted by molar-refractivity contribution is 0.0695. The van der Waals surface area contributed by atoms with E-state index < -0.39 is 0 Å². The molecule has 4 aromatic rings. The minimum absolute atomic E-state index is 0.0191. The lowest BCUT2D eigenvalue weighted by atomic mass is 10.1. The number of thiophene rings is 1. The Kier molecular flexibility index (Phi) is 5.25. The Balaban J connectivity index is 1.20. The number of hydrogen-bond acceptors (Lipinski definition) is 3. The van der Waals surface area contributed by atoms with E-state index in [4.69, 9.17) is 0 Å². The maximum Gasteiger partial charge on any atom is 0.268 e. The fourth-order valence-corrected chi connectivity index (χ4v) is 6.35. The molecule has 3 atom stereocenters. The summed E-state index contributed by atoms with van der Waals surface area (Å²) in [6, 6.07) is 16.4. The van der Waals surface area contributed by atoms with Gasteiger partial charge in [-0.25, -0.2) is 4.39 Å². The van der Waals surface area contributed by atoms with Crippen LogP contribution in [0.3, 0.4) is 0 Å². The number of benzene rings is 2. The quantitative estimate of drug-likeness (QED) is 0.418. The second-order valence-corrected chi connectivity index (χ2v) is 10.6. The number of amides is 2. The van der Waals surface area contributed by atoms with Gasteiger partial charge in [0, 0.05) is 35.9 Å². The van der Waals surface area contributed by atoms with Crippen molar-refractivity contribution in [2.24, 2.45) is 18.9 Å². The molecule has 0 spiro atoms. The third-order valence-electron chi connectivity index (χ3n) is 7.48. The third kappa shape index (κ3) is 3.84. The first-order chi connectivity index (χ1) is 16.9. The van der Waals surface area contributed by atoms with Crippen molar-refractivity contribution < 1.29 is 14.0 Å². The molecule has 2 aliphatic rings. The molecular weight excluding hydrogens is 461 g/mol. The summed E-state index contributed by atoms with van der Waals surface area (Å²) < 4.78 is 15.4. The summed E-state index contributed by atoms with van der Waals surface area (Å²) in [6.07, 6.45) is 1.10. The Hall–Kier alpha value is -3.45. The Morgan fingerprint density at radius 1 is 1.11 bits per heavy atom. The Labute approximate surface area is 207 Å². The monoisotopic (exact) mass is 487 g/mol. The van der Waals surface area contributed by atoms with Crippen molar-refractivity contribution in [2.75, 3.05) is 13.1 Å². The molecule has 1 aliphatic heterocycles. The molecule has 35 heavy (non-hydrogen) atoms. The second kappa shape index (κ2) is 8.34. The first kappa shape index (κ1) is 22.0. The van der Waals surface area contributed by atoms with Crippen molar-refractivity contribution in [1.29, 1.82) is 0 Å². The molecule has 5 nitrogen and oxygen atoms in total. The van der Waals surface area contributed by atoms with E-state index in [0.717, 1.165) is 34.5 Å². The molecule has 1 N–H and O–H groups in total. The molecule has 7 heteroatoms. The van der Waals surface area contributed by atoms with Crippen LogP contribution in [-0.4, -0.2) is 40.4 Å². The third-order valence-corrected chi connectivity index (χ3v) is 8.45. The molecule has 2 aromatic carbocycles. The number of aryl methyl sites for hydroxylation is 2. The molecule has 1 saturated carbocycles. The van der Waals surface area contributed by atoms with Crippen molar-refractivity contribution in [3.05, 3.63) is 82.6 Å². The molecule has 2 fully saturated rings. The van der Waals surface area contributed by atoms with Gasteiger partial charge in [-0.2, -0.15) is 0 Å². The highest BCUT2D eigenvalue weighted by atomic mass is 32.1. The molecule has 2 amide bonds. The van der Waals surface area contributed by atoms with Gasteiger partial charge < -0.3 is 14.8 Å². The van der Waals surface area contributed by atoms with E-state index in [1.54, 1.807) is 35.1 Å². The number of fused-ring (bicyclic) bond motifs is 2. The van der Waals surface area contributed by atoms with E-state index in [1.165, 1.54) is 17.7 Å². The van der Waals surface area contributed by atoms with Crippen LogP contribution >= 0.6 is 11.3 Å². The van der Waals surface area contributed by atoms with Gasteiger partial charge in [0.05, 0.1) is 11.6 Å². The smallest absolute Gasteiger partial charge is 0.268 e. The van der Waals surface area contributed by atoms with Crippen LogP contribution in [0.5, 0.6) is 0 Å². The maximum absolute atomic E-state index is 13.6. The zero-order valence-electron chi connectivity index (χ0n) is 19.6.